The van der Waals surface area contributed by atoms with E-state index in [4.69, 9.17) is 21.6 Å². The standard InChI is InChI=1S/C22H22ClN7/c1-15-13-16(2)30(27-15)22-21(25-18-7-6-17(23)14-19(18)26-22)29-11-9-28(10-12-29)20-5-3-4-8-24-20/h3-8,13-14H,9-12H2,1-2H3. The van der Waals surface area contributed by atoms with Gasteiger partial charge in [-0.05, 0) is 50.2 Å². The molecule has 4 aromatic rings. The first-order chi connectivity index (χ1) is 14.6. The van der Waals surface area contributed by atoms with Crippen molar-refractivity contribution in [2.45, 2.75) is 13.8 Å². The molecule has 1 aliphatic rings. The first-order valence-electron chi connectivity index (χ1n) is 10.0. The van der Waals surface area contributed by atoms with Crippen molar-refractivity contribution >= 4 is 34.3 Å². The zero-order chi connectivity index (χ0) is 20.7. The van der Waals surface area contributed by atoms with Crippen LogP contribution in [0.5, 0.6) is 0 Å². The second-order valence-electron chi connectivity index (χ2n) is 7.50. The predicted molar refractivity (Wildman–Crippen MR) is 120 cm³/mol. The number of piperazine rings is 1. The summed E-state index contributed by atoms with van der Waals surface area (Å²) in [7, 11) is 0. The molecule has 1 aliphatic heterocycles. The highest BCUT2D eigenvalue weighted by Crippen LogP contribution is 2.28. The zero-order valence-electron chi connectivity index (χ0n) is 17.0. The van der Waals surface area contributed by atoms with E-state index in [1.807, 2.05) is 61.1 Å². The third-order valence-corrected chi connectivity index (χ3v) is 5.59. The molecule has 0 spiro atoms. The van der Waals surface area contributed by atoms with Crippen molar-refractivity contribution < 1.29 is 0 Å². The van der Waals surface area contributed by atoms with Crippen LogP contribution in [-0.2, 0) is 0 Å². The number of rotatable bonds is 3. The Morgan fingerprint density at radius 2 is 1.60 bits per heavy atom. The van der Waals surface area contributed by atoms with Crippen molar-refractivity contribution in [1.82, 2.24) is 24.7 Å². The molecule has 0 saturated carbocycles. The monoisotopic (exact) mass is 419 g/mol. The fourth-order valence-corrected chi connectivity index (χ4v) is 4.06. The van der Waals surface area contributed by atoms with Crippen LogP contribution in [0.1, 0.15) is 11.4 Å². The lowest BCUT2D eigenvalue weighted by Crippen LogP contribution is -2.47. The van der Waals surface area contributed by atoms with Gasteiger partial charge in [0, 0.05) is 43.1 Å². The number of anilines is 2. The van der Waals surface area contributed by atoms with Gasteiger partial charge in [0.15, 0.2) is 11.6 Å². The van der Waals surface area contributed by atoms with Crippen LogP contribution >= 0.6 is 11.6 Å². The third-order valence-electron chi connectivity index (χ3n) is 5.35. The molecule has 0 aliphatic carbocycles. The second kappa shape index (κ2) is 7.57. The van der Waals surface area contributed by atoms with Crippen molar-refractivity contribution in [1.29, 1.82) is 0 Å². The van der Waals surface area contributed by atoms with Gasteiger partial charge in [-0.1, -0.05) is 17.7 Å². The number of fused-ring (bicyclic) bond motifs is 1. The van der Waals surface area contributed by atoms with E-state index < -0.39 is 0 Å². The maximum absolute atomic E-state index is 6.20. The Hall–Kier alpha value is -3.19. The average molecular weight is 420 g/mol. The maximum Gasteiger partial charge on any atom is 0.197 e. The van der Waals surface area contributed by atoms with Crippen molar-refractivity contribution in [2.24, 2.45) is 0 Å². The summed E-state index contributed by atoms with van der Waals surface area (Å²) < 4.78 is 1.88. The molecule has 152 valence electrons. The largest absolute Gasteiger partial charge is 0.353 e. The van der Waals surface area contributed by atoms with Crippen molar-refractivity contribution in [2.75, 3.05) is 36.0 Å². The Morgan fingerprint density at radius 3 is 2.30 bits per heavy atom. The van der Waals surface area contributed by atoms with Gasteiger partial charge in [-0.3, -0.25) is 0 Å². The van der Waals surface area contributed by atoms with E-state index in [0.717, 1.165) is 66.1 Å². The lowest BCUT2D eigenvalue weighted by molar-refractivity contribution is 0.637. The minimum atomic E-state index is 0.646. The summed E-state index contributed by atoms with van der Waals surface area (Å²) in [6.45, 7) is 7.42. The topological polar surface area (TPSA) is 63.0 Å². The van der Waals surface area contributed by atoms with Gasteiger partial charge in [0.25, 0.3) is 0 Å². The molecule has 0 bridgehead atoms. The highest BCUT2D eigenvalue weighted by Gasteiger charge is 2.24. The Bertz CT molecular complexity index is 1200. The SMILES string of the molecule is Cc1cc(C)n(-c2nc3cc(Cl)ccc3nc2N2CCN(c3ccccn3)CC2)n1. The van der Waals surface area contributed by atoms with Crippen LogP contribution in [0.25, 0.3) is 16.9 Å². The van der Waals surface area contributed by atoms with Gasteiger partial charge < -0.3 is 9.80 Å². The molecule has 3 aromatic heterocycles. The van der Waals surface area contributed by atoms with Crippen LogP contribution in [0.3, 0.4) is 0 Å². The molecule has 5 rings (SSSR count). The van der Waals surface area contributed by atoms with Crippen LogP contribution in [0, 0.1) is 13.8 Å². The molecule has 1 saturated heterocycles. The van der Waals surface area contributed by atoms with Gasteiger partial charge in [0.1, 0.15) is 5.82 Å². The summed E-state index contributed by atoms with van der Waals surface area (Å²) in [4.78, 5) is 19.0. The van der Waals surface area contributed by atoms with E-state index in [1.54, 1.807) is 0 Å². The van der Waals surface area contributed by atoms with Gasteiger partial charge in [-0.15, -0.1) is 0 Å². The Kier molecular flexibility index (Phi) is 4.75. The molecule has 1 fully saturated rings. The molecule has 7 nitrogen and oxygen atoms in total. The molecule has 0 N–H and O–H groups in total. The van der Waals surface area contributed by atoms with Gasteiger partial charge in [0.05, 0.1) is 16.7 Å². The van der Waals surface area contributed by atoms with Gasteiger partial charge in [-0.25, -0.2) is 19.6 Å². The number of aryl methyl sites for hydroxylation is 2. The second-order valence-corrected chi connectivity index (χ2v) is 7.94. The molecule has 8 heteroatoms. The molecule has 0 radical (unpaired) electrons. The minimum Gasteiger partial charge on any atom is -0.353 e. The van der Waals surface area contributed by atoms with Crippen LogP contribution in [0.4, 0.5) is 11.6 Å². The molecule has 0 unspecified atom stereocenters. The Balaban J connectivity index is 1.54. The maximum atomic E-state index is 6.20. The molecule has 30 heavy (non-hydrogen) atoms. The summed E-state index contributed by atoms with van der Waals surface area (Å²) in [6.07, 6.45) is 1.84. The summed E-state index contributed by atoms with van der Waals surface area (Å²) >= 11 is 6.20. The van der Waals surface area contributed by atoms with Gasteiger partial charge in [-0.2, -0.15) is 5.10 Å². The summed E-state index contributed by atoms with van der Waals surface area (Å²) in [5.41, 5.74) is 3.57. The first-order valence-corrected chi connectivity index (χ1v) is 10.4. The number of aromatic nitrogens is 5. The zero-order valence-corrected chi connectivity index (χ0v) is 17.7. The number of benzene rings is 1. The van der Waals surface area contributed by atoms with Crippen LogP contribution in [0.2, 0.25) is 5.02 Å². The van der Waals surface area contributed by atoms with Gasteiger partial charge >= 0.3 is 0 Å². The summed E-state index contributed by atoms with van der Waals surface area (Å²) in [5.74, 6) is 2.59. The van der Waals surface area contributed by atoms with E-state index >= 15 is 0 Å². The molecule has 1 aromatic carbocycles. The van der Waals surface area contributed by atoms with E-state index in [1.165, 1.54) is 0 Å². The fourth-order valence-electron chi connectivity index (χ4n) is 3.89. The molecule has 0 amide bonds. The number of pyridine rings is 1. The lowest BCUT2D eigenvalue weighted by Gasteiger charge is -2.36. The Labute approximate surface area is 180 Å². The van der Waals surface area contributed by atoms with Crippen LogP contribution in [-0.4, -0.2) is 50.9 Å². The highest BCUT2D eigenvalue weighted by molar-refractivity contribution is 6.31. The Morgan fingerprint density at radius 1 is 0.833 bits per heavy atom. The van der Waals surface area contributed by atoms with Crippen LogP contribution < -0.4 is 9.80 Å². The normalized spacial score (nSPS) is 14.5. The fraction of sp³-hybridized carbons (Fsp3) is 0.273. The number of nitrogens with zero attached hydrogens (tertiary/aromatic N) is 7. The number of halogens is 1. The molecule has 0 atom stereocenters. The smallest absolute Gasteiger partial charge is 0.197 e. The van der Waals surface area contributed by atoms with E-state index in [0.29, 0.717) is 5.02 Å². The van der Waals surface area contributed by atoms with Gasteiger partial charge in [0.2, 0.25) is 0 Å². The van der Waals surface area contributed by atoms with E-state index in [-0.39, 0.29) is 0 Å². The first kappa shape index (κ1) is 18.8. The highest BCUT2D eigenvalue weighted by atomic mass is 35.5. The van der Waals surface area contributed by atoms with E-state index in [2.05, 4.69) is 25.9 Å². The quantitative estimate of drug-likeness (QED) is 0.503. The summed E-state index contributed by atoms with van der Waals surface area (Å²) in [5, 5.41) is 5.31. The summed E-state index contributed by atoms with van der Waals surface area (Å²) in [6, 6.07) is 13.7. The number of hydrogen-bond acceptors (Lipinski definition) is 6. The number of hydrogen-bond donors (Lipinski definition) is 0. The predicted octanol–water partition coefficient (Wildman–Crippen LogP) is 3.81. The molecular weight excluding hydrogens is 398 g/mol. The molecular formula is C22H22ClN7. The average Bonchev–Trinajstić information content (AvgIpc) is 3.11. The van der Waals surface area contributed by atoms with E-state index in [9.17, 15) is 0 Å². The minimum absolute atomic E-state index is 0.646. The lowest BCUT2D eigenvalue weighted by atomic mass is 10.2. The molecule has 4 heterocycles. The van der Waals surface area contributed by atoms with Crippen LogP contribution in [0.15, 0.2) is 48.7 Å². The third kappa shape index (κ3) is 3.45. The van der Waals surface area contributed by atoms with Crippen molar-refractivity contribution in [3.05, 3.63) is 65.1 Å². The van der Waals surface area contributed by atoms with Crippen molar-refractivity contribution in [3.8, 4) is 5.82 Å². The van der Waals surface area contributed by atoms with Crippen molar-refractivity contribution in [3.63, 3.8) is 0 Å².